The number of nitrogens with zero attached hydrogens (tertiary/aromatic N) is 2. The van der Waals surface area contributed by atoms with Crippen LogP contribution in [0.3, 0.4) is 0 Å². The van der Waals surface area contributed by atoms with Crippen molar-refractivity contribution in [2.45, 2.75) is 53.4 Å². The van der Waals surface area contributed by atoms with Gasteiger partial charge in [-0.1, -0.05) is 25.9 Å². The molecule has 0 atom stereocenters. The first kappa shape index (κ1) is 15.5. The standard InChI is InChI=1S/C16H22N2O3/c1-10-17-9-14(20-10)16(5,6)12-7-11(21-18-12)8-13(19)15(2,3)4/h7,9H,8H2,1-6H3. The Hall–Kier alpha value is -1.91. The predicted octanol–water partition coefficient (Wildman–Crippen LogP) is 3.45. The average molecular weight is 290 g/mol. The molecule has 0 bridgehead atoms. The summed E-state index contributed by atoms with van der Waals surface area (Å²) in [7, 11) is 0. The Labute approximate surface area is 124 Å². The Morgan fingerprint density at radius 3 is 2.43 bits per heavy atom. The fourth-order valence-electron chi connectivity index (χ4n) is 1.89. The maximum atomic E-state index is 12.0. The first-order valence-corrected chi connectivity index (χ1v) is 7.03. The molecule has 0 amide bonds. The molecule has 0 aliphatic carbocycles. The molecule has 21 heavy (non-hydrogen) atoms. The Morgan fingerprint density at radius 1 is 1.24 bits per heavy atom. The molecule has 2 aromatic rings. The van der Waals surface area contributed by atoms with E-state index < -0.39 is 5.41 Å². The van der Waals surface area contributed by atoms with E-state index in [1.807, 2.05) is 40.7 Å². The van der Waals surface area contributed by atoms with Crippen LogP contribution in [0.2, 0.25) is 0 Å². The minimum absolute atomic E-state index is 0.124. The molecule has 5 nitrogen and oxygen atoms in total. The van der Waals surface area contributed by atoms with Crippen LogP contribution >= 0.6 is 0 Å². The van der Waals surface area contributed by atoms with Gasteiger partial charge in [0.15, 0.2) is 5.89 Å². The summed E-state index contributed by atoms with van der Waals surface area (Å²) < 4.78 is 10.9. The molecule has 0 spiro atoms. The molecule has 0 saturated heterocycles. The van der Waals surface area contributed by atoms with Gasteiger partial charge in [0.1, 0.15) is 17.3 Å². The van der Waals surface area contributed by atoms with Gasteiger partial charge in [-0.05, 0) is 13.8 Å². The van der Waals surface area contributed by atoms with Crippen molar-refractivity contribution < 1.29 is 13.7 Å². The molecular weight excluding hydrogens is 268 g/mol. The van der Waals surface area contributed by atoms with E-state index in [0.29, 0.717) is 11.7 Å². The number of hydrogen-bond acceptors (Lipinski definition) is 5. The summed E-state index contributed by atoms with van der Waals surface area (Å²) >= 11 is 0. The van der Waals surface area contributed by atoms with Gasteiger partial charge in [-0.15, -0.1) is 0 Å². The normalized spacial score (nSPS) is 12.7. The molecule has 2 aromatic heterocycles. The second-order valence-corrected chi connectivity index (χ2v) is 6.90. The van der Waals surface area contributed by atoms with Crippen molar-refractivity contribution in [3.63, 3.8) is 0 Å². The van der Waals surface area contributed by atoms with Crippen LogP contribution in [0.25, 0.3) is 0 Å². The van der Waals surface area contributed by atoms with Crippen LogP contribution in [0.5, 0.6) is 0 Å². The zero-order chi connectivity index (χ0) is 15.8. The number of oxazole rings is 1. The number of aromatic nitrogens is 2. The zero-order valence-electron chi connectivity index (χ0n) is 13.5. The maximum Gasteiger partial charge on any atom is 0.191 e. The fraction of sp³-hybridized carbons (Fsp3) is 0.562. The van der Waals surface area contributed by atoms with Crippen molar-refractivity contribution in [1.82, 2.24) is 10.1 Å². The molecule has 0 aliphatic heterocycles. The highest BCUT2D eigenvalue weighted by Crippen LogP contribution is 2.31. The third kappa shape index (κ3) is 3.23. The van der Waals surface area contributed by atoms with Crippen molar-refractivity contribution in [3.8, 4) is 0 Å². The number of ketones is 1. The van der Waals surface area contributed by atoms with Gasteiger partial charge in [0.25, 0.3) is 0 Å². The molecule has 0 saturated carbocycles. The number of aryl methyl sites for hydroxylation is 1. The van der Waals surface area contributed by atoms with Crippen LogP contribution in [0.4, 0.5) is 0 Å². The average Bonchev–Trinajstić information content (AvgIpc) is 2.97. The molecule has 5 heteroatoms. The van der Waals surface area contributed by atoms with Gasteiger partial charge < -0.3 is 8.94 Å². The summed E-state index contributed by atoms with van der Waals surface area (Å²) in [5.74, 6) is 2.04. The Balaban J connectivity index is 2.21. The smallest absolute Gasteiger partial charge is 0.191 e. The van der Waals surface area contributed by atoms with Crippen molar-refractivity contribution in [2.75, 3.05) is 0 Å². The summed E-state index contributed by atoms with van der Waals surface area (Å²) in [6.45, 7) is 11.5. The fourth-order valence-corrected chi connectivity index (χ4v) is 1.89. The quantitative estimate of drug-likeness (QED) is 0.862. The molecule has 0 fully saturated rings. The van der Waals surface area contributed by atoms with E-state index in [4.69, 9.17) is 8.94 Å². The second kappa shape index (κ2) is 5.13. The zero-order valence-corrected chi connectivity index (χ0v) is 13.5. The van der Waals surface area contributed by atoms with Crippen LogP contribution in [0.15, 0.2) is 21.2 Å². The number of Topliss-reactive ketones (excluding diaryl/α,β-unsaturated/α-hetero) is 1. The van der Waals surface area contributed by atoms with Crippen molar-refractivity contribution in [1.29, 1.82) is 0 Å². The summed E-state index contributed by atoms with van der Waals surface area (Å²) in [6, 6.07) is 1.82. The Bertz CT molecular complexity index is 645. The number of hydrogen-bond donors (Lipinski definition) is 0. The highest BCUT2D eigenvalue weighted by Gasteiger charge is 2.32. The molecule has 0 aromatic carbocycles. The van der Waals surface area contributed by atoms with Crippen LogP contribution in [-0.4, -0.2) is 15.9 Å². The van der Waals surface area contributed by atoms with Gasteiger partial charge in [0, 0.05) is 18.4 Å². The van der Waals surface area contributed by atoms with E-state index in [2.05, 4.69) is 10.1 Å². The SMILES string of the molecule is Cc1ncc(C(C)(C)c2cc(CC(=O)C(C)(C)C)on2)o1. The van der Waals surface area contributed by atoms with Gasteiger partial charge in [0.05, 0.1) is 23.7 Å². The van der Waals surface area contributed by atoms with Crippen molar-refractivity contribution in [2.24, 2.45) is 5.41 Å². The van der Waals surface area contributed by atoms with Crippen LogP contribution in [0.1, 0.15) is 57.7 Å². The molecule has 114 valence electrons. The largest absolute Gasteiger partial charge is 0.445 e. The van der Waals surface area contributed by atoms with Crippen molar-refractivity contribution in [3.05, 3.63) is 35.4 Å². The molecule has 0 radical (unpaired) electrons. The number of carbonyl (C=O) groups is 1. The van der Waals surface area contributed by atoms with E-state index >= 15 is 0 Å². The minimum Gasteiger partial charge on any atom is -0.445 e. The lowest BCUT2D eigenvalue weighted by Gasteiger charge is -2.17. The lowest BCUT2D eigenvalue weighted by molar-refractivity contribution is -0.125. The first-order valence-electron chi connectivity index (χ1n) is 7.03. The monoisotopic (exact) mass is 290 g/mol. The summed E-state index contributed by atoms with van der Waals surface area (Å²) in [5.41, 5.74) is -0.103. The number of rotatable bonds is 4. The van der Waals surface area contributed by atoms with E-state index in [-0.39, 0.29) is 17.6 Å². The van der Waals surface area contributed by atoms with Crippen molar-refractivity contribution >= 4 is 5.78 Å². The van der Waals surface area contributed by atoms with E-state index in [0.717, 1.165) is 11.5 Å². The molecule has 0 aliphatic rings. The molecule has 2 rings (SSSR count). The molecule has 2 heterocycles. The summed E-state index contributed by atoms with van der Waals surface area (Å²) in [6.07, 6.45) is 1.95. The summed E-state index contributed by atoms with van der Waals surface area (Å²) in [4.78, 5) is 16.2. The second-order valence-electron chi connectivity index (χ2n) is 6.90. The van der Waals surface area contributed by atoms with Gasteiger partial charge >= 0.3 is 0 Å². The highest BCUT2D eigenvalue weighted by atomic mass is 16.5. The van der Waals surface area contributed by atoms with E-state index in [9.17, 15) is 4.79 Å². The van der Waals surface area contributed by atoms with Gasteiger partial charge in [-0.2, -0.15) is 0 Å². The maximum absolute atomic E-state index is 12.0. The molecule has 0 unspecified atom stereocenters. The van der Waals surface area contributed by atoms with E-state index in [1.165, 1.54) is 0 Å². The van der Waals surface area contributed by atoms with Gasteiger partial charge in [0.2, 0.25) is 0 Å². The first-order chi connectivity index (χ1) is 9.60. The topological polar surface area (TPSA) is 69.1 Å². The third-order valence-corrected chi connectivity index (χ3v) is 3.61. The van der Waals surface area contributed by atoms with Gasteiger partial charge in [-0.25, -0.2) is 4.98 Å². The lowest BCUT2D eigenvalue weighted by atomic mass is 9.85. The molecular formula is C16H22N2O3. The summed E-state index contributed by atoms with van der Waals surface area (Å²) in [5, 5.41) is 4.09. The lowest BCUT2D eigenvalue weighted by Crippen LogP contribution is -2.22. The molecule has 0 N–H and O–H groups in total. The Kier molecular flexibility index (Phi) is 3.78. The highest BCUT2D eigenvalue weighted by molar-refractivity contribution is 5.85. The van der Waals surface area contributed by atoms with Crippen LogP contribution in [0, 0.1) is 12.3 Å². The number of carbonyl (C=O) groups excluding carboxylic acids is 1. The van der Waals surface area contributed by atoms with Crippen LogP contribution in [-0.2, 0) is 16.6 Å². The Morgan fingerprint density at radius 2 is 1.90 bits per heavy atom. The predicted molar refractivity (Wildman–Crippen MR) is 78.0 cm³/mol. The minimum atomic E-state index is -0.451. The van der Waals surface area contributed by atoms with Crippen LogP contribution < -0.4 is 0 Å². The van der Waals surface area contributed by atoms with Gasteiger partial charge in [-0.3, -0.25) is 4.79 Å². The third-order valence-electron chi connectivity index (χ3n) is 3.61. The van der Waals surface area contributed by atoms with E-state index in [1.54, 1.807) is 13.1 Å².